The minimum atomic E-state index is -0.459. The van der Waals surface area contributed by atoms with E-state index in [2.05, 4.69) is 5.32 Å². The molecule has 1 N–H and O–H groups in total. The van der Waals surface area contributed by atoms with Crippen molar-refractivity contribution in [3.63, 3.8) is 0 Å². The highest BCUT2D eigenvalue weighted by Crippen LogP contribution is 2.23. The SMILES string of the molecule is Fc1cc(Cl)ccc1OCc1cccc(OC2CCNCC2)c1. The van der Waals surface area contributed by atoms with Crippen molar-refractivity contribution in [1.29, 1.82) is 0 Å². The van der Waals surface area contributed by atoms with Crippen LogP contribution in [0.5, 0.6) is 11.5 Å². The zero-order valence-electron chi connectivity index (χ0n) is 12.7. The van der Waals surface area contributed by atoms with Crippen molar-refractivity contribution in [2.75, 3.05) is 13.1 Å². The van der Waals surface area contributed by atoms with Gasteiger partial charge in [-0.05, 0) is 61.8 Å². The third-order valence-corrected chi connectivity index (χ3v) is 4.01. The van der Waals surface area contributed by atoms with Crippen LogP contribution in [0, 0.1) is 5.82 Å². The van der Waals surface area contributed by atoms with Crippen molar-refractivity contribution in [3.05, 3.63) is 58.9 Å². The van der Waals surface area contributed by atoms with Gasteiger partial charge in [0.25, 0.3) is 0 Å². The van der Waals surface area contributed by atoms with E-state index in [0.717, 1.165) is 37.2 Å². The first kappa shape index (κ1) is 16.1. The molecule has 0 amide bonds. The van der Waals surface area contributed by atoms with E-state index in [1.165, 1.54) is 12.1 Å². The third-order valence-electron chi connectivity index (χ3n) is 3.78. The van der Waals surface area contributed by atoms with Gasteiger partial charge in [-0.15, -0.1) is 0 Å². The average molecular weight is 336 g/mol. The number of hydrogen-bond donors (Lipinski definition) is 1. The first-order chi connectivity index (χ1) is 11.2. The molecule has 1 fully saturated rings. The third kappa shape index (κ3) is 4.60. The molecule has 2 aromatic carbocycles. The summed E-state index contributed by atoms with van der Waals surface area (Å²) >= 11 is 5.73. The Morgan fingerprint density at radius 2 is 1.96 bits per heavy atom. The molecular formula is C18H19ClFNO2. The standard InChI is InChI=1S/C18H19ClFNO2/c19-14-4-5-18(17(20)11-14)22-12-13-2-1-3-16(10-13)23-15-6-8-21-9-7-15/h1-5,10-11,15,21H,6-9,12H2. The summed E-state index contributed by atoms with van der Waals surface area (Å²) in [7, 11) is 0. The van der Waals surface area contributed by atoms with Crippen molar-refractivity contribution >= 4 is 11.6 Å². The van der Waals surface area contributed by atoms with Crippen LogP contribution in [0.4, 0.5) is 4.39 Å². The Bertz CT molecular complexity index is 659. The Kier molecular flexibility index (Phi) is 5.36. The van der Waals surface area contributed by atoms with Crippen LogP contribution in [0.3, 0.4) is 0 Å². The minimum Gasteiger partial charge on any atom is -0.490 e. The fourth-order valence-corrected chi connectivity index (χ4v) is 2.73. The number of ether oxygens (including phenoxy) is 2. The molecule has 122 valence electrons. The lowest BCUT2D eigenvalue weighted by Crippen LogP contribution is -2.34. The van der Waals surface area contributed by atoms with Crippen molar-refractivity contribution in [2.24, 2.45) is 0 Å². The van der Waals surface area contributed by atoms with Crippen LogP contribution in [-0.4, -0.2) is 19.2 Å². The molecule has 3 nitrogen and oxygen atoms in total. The monoisotopic (exact) mass is 335 g/mol. The average Bonchev–Trinajstić information content (AvgIpc) is 2.55. The molecule has 2 aromatic rings. The summed E-state index contributed by atoms with van der Waals surface area (Å²) in [6.45, 7) is 2.26. The largest absolute Gasteiger partial charge is 0.490 e. The maximum absolute atomic E-state index is 13.7. The minimum absolute atomic E-state index is 0.194. The van der Waals surface area contributed by atoms with Crippen molar-refractivity contribution in [2.45, 2.75) is 25.6 Å². The molecule has 1 saturated heterocycles. The first-order valence-corrected chi connectivity index (χ1v) is 8.13. The molecule has 0 aromatic heterocycles. The van der Waals surface area contributed by atoms with Gasteiger partial charge in [-0.3, -0.25) is 0 Å². The zero-order valence-corrected chi connectivity index (χ0v) is 13.5. The molecule has 0 spiro atoms. The fourth-order valence-electron chi connectivity index (χ4n) is 2.57. The van der Waals surface area contributed by atoms with E-state index in [1.54, 1.807) is 6.07 Å². The second kappa shape index (κ2) is 7.66. The summed E-state index contributed by atoms with van der Waals surface area (Å²) in [4.78, 5) is 0. The molecule has 3 rings (SSSR count). The van der Waals surface area contributed by atoms with Gasteiger partial charge < -0.3 is 14.8 Å². The van der Waals surface area contributed by atoms with Crippen LogP contribution < -0.4 is 14.8 Å². The Hall–Kier alpha value is -1.78. The summed E-state index contributed by atoms with van der Waals surface area (Å²) in [5.41, 5.74) is 0.936. The lowest BCUT2D eigenvalue weighted by Gasteiger charge is -2.24. The number of piperidine rings is 1. The highest BCUT2D eigenvalue weighted by Gasteiger charge is 2.14. The predicted molar refractivity (Wildman–Crippen MR) is 88.7 cm³/mol. The summed E-state index contributed by atoms with van der Waals surface area (Å²) in [5, 5.41) is 3.67. The molecule has 1 aliphatic heterocycles. The normalized spacial score (nSPS) is 15.4. The smallest absolute Gasteiger partial charge is 0.166 e. The van der Waals surface area contributed by atoms with Gasteiger partial charge in [0.15, 0.2) is 11.6 Å². The fraction of sp³-hybridized carbons (Fsp3) is 0.333. The number of rotatable bonds is 5. The van der Waals surface area contributed by atoms with Gasteiger partial charge in [0.1, 0.15) is 18.5 Å². The molecule has 1 heterocycles. The molecule has 0 unspecified atom stereocenters. The summed E-state index contributed by atoms with van der Waals surface area (Å²) in [6.07, 6.45) is 2.27. The molecule has 0 saturated carbocycles. The lowest BCUT2D eigenvalue weighted by molar-refractivity contribution is 0.162. The lowest BCUT2D eigenvalue weighted by atomic mass is 10.1. The van der Waals surface area contributed by atoms with Crippen molar-refractivity contribution in [3.8, 4) is 11.5 Å². The van der Waals surface area contributed by atoms with Crippen LogP contribution in [0.25, 0.3) is 0 Å². The van der Waals surface area contributed by atoms with Gasteiger partial charge in [-0.2, -0.15) is 0 Å². The van der Waals surface area contributed by atoms with Crippen LogP contribution in [0.2, 0.25) is 5.02 Å². The number of benzene rings is 2. The Morgan fingerprint density at radius 3 is 2.74 bits per heavy atom. The topological polar surface area (TPSA) is 30.5 Å². The Balaban J connectivity index is 1.60. The predicted octanol–water partition coefficient (Wildman–Crippen LogP) is 4.19. The van der Waals surface area contributed by atoms with Gasteiger partial charge >= 0.3 is 0 Å². The second-order valence-electron chi connectivity index (χ2n) is 5.58. The summed E-state index contributed by atoms with van der Waals surface area (Å²) in [6, 6.07) is 12.1. The van der Waals surface area contributed by atoms with E-state index in [-0.39, 0.29) is 18.5 Å². The van der Waals surface area contributed by atoms with Crippen LogP contribution in [-0.2, 0) is 6.61 Å². The zero-order chi connectivity index (χ0) is 16.1. The van der Waals surface area contributed by atoms with Gasteiger partial charge in [0.2, 0.25) is 0 Å². The van der Waals surface area contributed by atoms with E-state index in [0.29, 0.717) is 5.02 Å². The van der Waals surface area contributed by atoms with Gasteiger partial charge in [-0.1, -0.05) is 23.7 Å². The van der Waals surface area contributed by atoms with Crippen LogP contribution >= 0.6 is 11.6 Å². The molecule has 5 heteroatoms. The second-order valence-corrected chi connectivity index (χ2v) is 6.01. The van der Waals surface area contributed by atoms with E-state index in [9.17, 15) is 4.39 Å². The van der Waals surface area contributed by atoms with Crippen molar-refractivity contribution < 1.29 is 13.9 Å². The van der Waals surface area contributed by atoms with Crippen molar-refractivity contribution in [1.82, 2.24) is 5.32 Å². The quantitative estimate of drug-likeness (QED) is 0.888. The first-order valence-electron chi connectivity index (χ1n) is 7.75. The Labute approximate surface area is 140 Å². The molecule has 0 bridgehead atoms. The van der Waals surface area contributed by atoms with E-state index in [4.69, 9.17) is 21.1 Å². The molecule has 0 atom stereocenters. The Morgan fingerprint density at radius 1 is 1.13 bits per heavy atom. The molecule has 0 aliphatic carbocycles. The number of nitrogens with one attached hydrogen (secondary N) is 1. The number of halogens is 2. The molecular weight excluding hydrogens is 317 g/mol. The van der Waals surface area contributed by atoms with E-state index >= 15 is 0 Å². The van der Waals surface area contributed by atoms with E-state index in [1.807, 2.05) is 24.3 Å². The molecule has 23 heavy (non-hydrogen) atoms. The highest BCUT2D eigenvalue weighted by molar-refractivity contribution is 6.30. The number of hydrogen-bond acceptors (Lipinski definition) is 3. The van der Waals surface area contributed by atoms with Crippen LogP contribution in [0.15, 0.2) is 42.5 Å². The maximum Gasteiger partial charge on any atom is 0.166 e. The van der Waals surface area contributed by atoms with Gasteiger partial charge in [-0.25, -0.2) is 4.39 Å². The maximum atomic E-state index is 13.7. The summed E-state index contributed by atoms with van der Waals surface area (Å²) < 4.78 is 25.2. The van der Waals surface area contributed by atoms with E-state index < -0.39 is 5.82 Å². The molecule has 1 aliphatic rings. The molecule has 0 radical (unpaired) electrons. The highest BCUT2D eigenvalue weighted by atomic mass is 35.5. The van der Waals surface area contributed by atoms with Crippen LogP contribution in [0.1, 0.15) is 18.4 Å². The van der Waals surface area contributed by atoms with Gasteiger partial charge in [0, 0.05) is 5.02 Å². The van der Waals surface area contributed by atoms with Gasteiger partial charge in [0.05, 0.1) is 0 Å². The summed E-state index contributed by atoms with van der Waals surface area (Å²) in [5.74, 6) is 0.563.